The van der Waals surface area contributed by atoms with Gasteiger partial charge in [-0.05, 0) is 43.0 Å². The van der Waals surface area contributed by atoms with Crippen LogP contribution in [0.25, 0.3) is 0 Å². The number of aromatic carboxylic acids is 1. The highest BCUT2D eigenvalue weighted by Gasteiger charge is 2.14. The summed E-state index contributed by atoms with van der Waals surface area (Å²) in [5.74, 6) is -1.01. The Hall–Kier alpha value is -2.34. The van der Waals surface area contributed by atoms with E-state index in [1.54, 1.807) is 30.4 Å². The molecule has 1 aromatic carbocycles. The summed E-state index contributed by atoms with van der Waals surface area (Å²) in [5, 5.41) is 16.5. The minimum absolute atomic E-state index is 0.104. The van der Waals surface area contributed by atoms with Crippen molar-refractivity contribution in [3.8, 4) is 0 Å². The molecule has 1 unspecified atom stereocenters. The van der Waals surface area contributed by atoms with E-state index in [0.29, 0.717) is 11.3 Å². The van der Waals surface area contributed by atoms with Crippen molar-refractivity contribution < 1.29 is 14.7 Å². The van der Waals surface area contributed by atoms with Crippen molar-refractivity contribution >= 4 is 29.0 Å². The van der Waals surface area contributed by atoms with Crippen molar-refractivity contribution in [2.75, 3.05) is 5.32 Å². The number of carbonyl (C=O) groups is 2. The Morgan fingerprint density at radius 3 is 2.62 bits per heavy atom. The van der Waals surface area contributed by atoms with E-state index in [0.717, 1.165) is 4.88 Å². The smallest absolute Gasteiger partial charge is 0.336 e. The largest absolute Gasteiger partial charge is 0.478 e. The van der Waals surface area contributed by atoms with Crippen LogP contribution in [0.3, 0.4) is 0 Å². The van der Waals surface area contributed by atoms with Gasteiger partial charge in [-0.1, -0.05) is 12.1 Å². The summed E-state index contributed by atoms with van der Waals surface area (Å²) in [6, 6.07) is 8.21. The fraction of sp³-hybridized carbons (Fsp3) is 0.200. The van der Waals surface area contributed by atoms with Crippen LogP contribution in [0, 0.1) is 6.92 Å². The summed E-state index contributed by atoms with van der Waals surface area (Å²) in [5.41, 5.74) is 1.20. The molecular weight excluding hydrogens is 288 g/mol. The molecule has 0 spiro atoms. The molecule has 0 saturated carbocycles. The minimum atomic E-state index is -1.01. The fourth-order valence-electron chi connectivity index (χ4n) is 1.97. The number of hydrogen-bond donors (Lipinski definition) is 3. The van der Waals surface area contributed by atoms with Gasteiger partial charge in [0.25, 0.3) is 0 Å². The van der Waals surface area contributed by atoms with Gasteiger partial charge < -0.3 is 15.7 Å². The summed E-state index contributed by atoms with van der Waals surface area (Å²) in [6.45, 7) is 3.56. The Labute approximate surface area is 126 Å². The molecule has 1 aromatic heterocycles. The molecule has 110 valence electrons. The van der Waals surface area contributed by atoms with Gasteiger partial charge in [0.05, 0.1) is 11.6 Å². The SMILES string of the molecule is Cc1c(NC(=O)NC(C)c2cccs2)cccc1C(=O)O. The highest BCUT2D eigenvalue weighted by Crippen LogP contribution is 2.20. The maximum atomic E-state index is 12.0. The van der Waals surface area contributed by atoms with E-state index in [9.17, 15) is 9.59 Å². The molecule has 2 aromatic rings. The lowest BCUT2D eigenvalue weighted by molar-refractivity contribution is 0.0696. The third kappa shape index (κ3) is 3.61. The Morgan fingerprint density at radius 2 is 2.00 bits per heavy atom. The number of carbonyl (C=O) groups excluding carboxylic acids is 1. The number of rotatable bonds is 4. The van der Waals surface area contributed by atoms with Crippen molar-refractivity contribution in [3.05, 3.63) is 51.7 Å². The number of carboxylic acid groups (broad SMARTS) is 1. The molecule has 0 saturated heterocycles. The van der Waals surface area contributed by atoms with E-state index in [2.05, 4.69) is 10.6 Å². The van der Waals surface area contributed by atoms with E-state index in [1.807, 2.05) is 24.4 Å². The number of nitrogens with one attached hydrogen (secondary N) is 2. The first-order chi connectivity index (χ1) is 9.99. The average molecular weight is 304 g/mol. The van der Waals surface area contributed by atoms with Crippen LogP contribution in [0.1, 0.15) is 33.8 Å². The van der Waals surface area contributed by atoms with E-state index in [4.69, 9.17) is 5.11 Å². The minimum Gasteiger partial charge on any atom is -0.478 e. The van der Waals surface area contributed by atoms with Crippen molar-refractivity contribution in [2.24, 2.45) is 0 Å². The van der Waals surface area contributed by atoms with Crippen LogP contribution >= 0.6 is 11.3 Å². The van der Waals surface area contributed by atoms with Crippen LogP contribution in [-0.2, 0) is 0 Å². The van der Waals surface area contributed by atoms with Crippen molar-refractivity contribution in [1.82, 2.24) is 5.32 Å². The highest BCUT2D eigenvalue weighted by atomic mass is 32.1. The van der Waals surface area contributed by atoms with Crippen LogP contribution in [0.4, 0.5) is 10.5 Å². The van der Waals surface area contributed by atoms with Gasteiger partial charge in [0.15, 0.2) is 0 Å². The molecule has 1 heterocycles. The molecule has 0 aliphatic heterocycles. The van der Waals surface area contributed by atoms with Gasteiger partial charge in [-0.3, -0.25) is 0 Å². The molecule has 5 nitrogen and oxygen atoms in total. The maximum Gasteiger partial charge on any atom is 0.336 e. The number of urea groups is 1. The standard InChI is InChI=1S/C15H16N2O3S/c1-9-11(14(18)19)5-3-6-12(9)17-15(20)16-10(2)13-7-4-8-21-13/h3-8,10H,1-2H3,(H,18,19)(H2,16,17,20). The molecular formula is C15H16N2O3S. The quantitative estimate of drug-likeness (QED) is 0.807. The van der Waals surface area contributed by atoms with Gasteiger partial charge in [0.2, 0.25) is 0 Å². The lowest BCUT2D eigenvalue weighted by Crippen LogP contribution is -2.31. The predicted molar refractivity (Wildman–Crippen MR) is 83.0 cm³/mol. The second-order valence-electron chi connectivity index (χ2n) is 4.62. The Morgan fingerprint density at radius 1 is 1.24 bits per heavy atom. The molecule has 6 heteroatoms. The number of benzene rings is 1. The van der Waals surface area contributed by atoms with E-state index in [1.165, 1.54) is 6.07 Å². The summed E-state index contributed by atoms with van der Waals surface area (Å²) >= 11 is 1.57. The molecule has 21 heavy (non-hydrogen) atoms. The highest BCUT2D eigenvalue weighted by molar-refractivity contribution is 7.10. The van der Waals surface area contributed by atoms with Gasteiger partial charge in [-0.25, -0.2) is 9.59 Å². The second-order valence-corrected chi connectivity index (χ2v) is 5.60. The number of amides is 2. The number of hydrogen-bond acceptors (Lipinski definition) is 3. The molecule has 2 rings (SSSR count). The normalized spacial score (nSPS) is 11.7. The first-order valence-corrected chi connectivity index (χ1v) is 7.31. The molecule has 0 aliphatic rings. The van der Waals surface area contributed by atoms with Crippen molar-refractivity contribution in [3.63, 3.8) is 0 Å². The van der Waals surface area contributed by atoms with E-state index >= 15 is 0 Å². The first kappa shape index (κ1) is 15.1. The zero-order valence-corrected chi connectivity index (χ0v) is 12.5. The molecule has 0 radical (unpaired) electrons. The maximum absolute atomic E-state index is 12.0. The fourth-order valence-corrected chi connectivity index (χ4v) is 2.70. The summed E-state index contributed by atoms with van der Waals surface area (Å²) in [6.07, 6.45) is 0. The van der Waals surface area contributed by atoms with Crippen molar-refractivity contribution in [2.45, 2.75) is 19.9 Å². The third-order valence-corrected chi connectivity index (χ3v) is 4.18. The summed E-state index contributed by atoms with van der Waals surface area (Å²) in [7, 11) is 0. The lowest BCUT2D eigenvalue weighted by atomic mass is 10.1. The van der Waals surface area contributed by atoms with E-state index < -0.39 is 5.97 Å². The van der Waals surface area contributed by atoms with Crippen LogP contribution in [0.5, 0.6) is 0 Å². The molecule has 2 amide bonds. The molecule has 1 atom stereocenters. The number of carboxylic acids is 1. The Balaban J connectivity index is 2.06. The zero-order chi connectivity index (χ0) is 15.4. The van der Waals surface area contributed by atoms with Gasteiger partial charge in [0.1, 0.15) is 0 Å². The zero-order valence-electron chi connectivity index (χ0n) is 11.7. The number of anilines is 1. The van der Waals surface area contributed by atoms with E-state index in [-0.39, 0.29) is 17.6 Å². The average Bonchev–Trinajstić information content (AvgIpc) is 2.94. The second kappa shape index (κ2) is 6.41. The molecule has 0 aliphatic carbocycles. The van der Waals surface area contributed by atoms with Gasteiger partial charge in [0, 0.05) is 10.6 Å². The van der Waals surface area contributed by atoms with Crippen LogP contribution in [0.2, 0.25) is 0 Å². The predicted octanol–water partition coefficient (Wildman–Crippen LogP) is 3.64. The van der Waals surface area contributed by atoms with Crippen molar-refractivity contribution in [1.29, 1.82) is 0 Å². The molecule has 0 bridgehead atoms. The molecule has 3 N–H and O–H groups in total. The lowest BCUT2D eigenvalue weighted by Gasteiger charge is -2.15. The molecule has 0 fully saturated rings. The van der Waals surface area contributed by atoms with Crippen LogP contribution in [0.15, 0.2) is 35.7 Å². The van der Waals surface area contributed by atoms with Gasteiger partial charge >= 0.3 is 12.0 Å². The van der Waals surface area contributed by atoms with Crippen LogP contribution < -0.4 is 10.6 Å². The summed E-state index contributed by atoms with van der Waals surface area (Å²) in [4.78, 5) is 24.1. The Kier molecular flexibility index (Phi) is 4.59. The number of thiophene rings is 1. The Bertz CT molecular complexity index is 653. The summed E-state index contributed by atoms with van der Waals surface area (Å²) < 4.78 is 0. The first-order valence-electron chi connectivity index (χ1n) is 6.43. The topological polar surface area (TPSA) is 78.4 Å². The monoisotopic (exact) mass is 304 g/mol. The third-order valence-electron chi connectivity index (χ3n) is 3.13. The van der Waals surface area contributed by atoms with Crippen LogP contribution in [-0.4, -0.2) is 17.1 Å². The van der Waals surface area contributed by atoms with Gasteiger partial charge in [-0.15, -0.1) is 11.3 Å². The van der Waals surface area contributed by atoms with Gasteiger partial charge in [-0.2, -0.15) is 0 Å².